The summed E-state index contributed by atoms with van der Waals surface area (Å²) in [6.45, 7) is 0. The van der Waals surface area contributed by atoms with Crippen LogP contribution in [0.2, 0.25) is 0 Å². The van der Waals surface area contributed by atoms with E-state index >= 15 is 0 Å². The molecule has 32 heavy (non-hydrogen) atoms. The Hall–Kier alpha value is -3.76. The zero-order valence-corrected chi connectivity index (χ0v) is 18.2. The van der Waals surface area contributed by atoms with E-state index in [0.29, 0.717) is 17.4 Å². The molecule has 4 aromatic rings. The van der Waals surface area contributed by atoms with Crippen LogP contribution in [-0.4, -0.2) is 29.6 Å². The third-order valence-electron chi connectivity index (χ3n) is 5.31. The Morgan fingerprint density at radius 3 is 2.44 bits per heavy atom. The Labute approximate surface area is 186 Å². The molecular formula is C25H20N4O2S. The maximum absolute atomic E-state index is 11.6. The first kappa shape index (κ1) is 20.2. The van der Waals surface area contributed by atoms with Gasteiger partial charge in [0, 0.05) is 58.5 Å². The molecule has 7 heteroatoms. The fraction of sp³-hybridized carbons (Fsp3) is 0.160. The number of hydrogen-bond donors (Lipinski definition) is 1. The van der Waals surface area contributed by atoms with Gasteiger partial charge in [-0.25, -0.2) is 18.4 Å². The lowest BCUT2D eigenvalue weighted by Gasteiger charge is -2.08. The minimum atomic E-state index is -3.23. The first-order valence-corrected chi connectivity index (χ1v) is 12.1. The van der Waals surface area contributed by atoms with E-state index in [2.05, 4.69) is 38.2 Å². The van der Waals surface area contributed by atoms with Gasteiger partial charge in [0.05, 0.1) is 4.90 Å². The predicted molar refractivity (Wildman–Crippen MR) is 125 cm³/mol. The second kappa shape index (κ2) is 8.06. The van der Waals surface area contributed by atoms with Crippen LogP contribution in [0.3, 0.4) is 0 Å². The van der Waals surface area contributed by atoms with Gasteiger partial charge in [0.1, 0.15) is 11.5 Å². The van der Waals surface area contributed by atoms with E-state index in [0.717, 1.165) is 27.7 Å². The van der Waals surface area contributed by atoms with Crippen LogP contribution in [0.15, 0.2) is 72.0 Å². The quantitative estimate of drug-likeness (QED) is 0.472. The van der Waals surface area contributed by atoms with Crippen LogP contribution in [0.5, 0.6) is 0 Å². The summed E-state index contributed by atoms with van der Waals surface area (Å²) in [5, 5.41) is 5.02. The van der Waals surface area contributed by atoms with Crippen LogP contribution in [0.4, 0.5) is 11.5 Å². The van der Waals surface area contributed by atoms with Crippen LogP contribution in [0, 0.1) is 11.8 Å². The second-order valence-electron chi connectivity index (χ2n) is 7.87. The van der Waals surface area contributed by atoms with Crippen molar-refractivity contribution in [3.05, 3.63) is 84.1 Å². The van der Waals surface area contributed by atoms with Gasteiger partial charge in [0.15, 0.2) is 9.84 Å². The zero-order valence-electron chi connectivity index (χ0n) is 17.4. The van der Waals surface area contributed by atoms with E-state index in [1.54, 1.807) is 36.7 Å². The lowest BCUT2D eigenvalue weighted by Crippen LogP contribution is -1.98. The number of pyridine rings is 3. The van der Waals surface area contributed by atoms with E-state index < -0.39 is 9.84 Å². The van der Waals surface area contributed by atoms with Gasteiger partial charge >= 0.3 is 0 Å². The molecule has 1 saturated carbocycles. The average molecular weight is 441 g/mol. The van der Waals surface area contributed by atoms with E-state index in [4.69, 9.17) is 0 Å². The summed E-state index contributed by atoms with van der Waals surface area (Å²) >= 11 is 0. The Morgan fingerprint density at radius 1 is 0.938 bits per heavy atom. The Balaban J connectivity index is 1.42. The largest absolute Gasteiger partial charge is 0.340 e. The van der Waals surface area contributed by atoms with Crippen molar-refractivity contribution >= 4 is 32.1 Å². The summed E-state index contributed by atoms with van der Waals surface area (Å²) < 4.78 is 23.3. The van der Waals surface area contributed by atoms with Crippen LogP contribution >= 0.6 is 0 Å². The smallest absolute Gasteiger partial charge is 0.175 e. The predicted octanol–water partition coefficient (Wildman–Crippen LogP) is 4.45. The third-order valence-corrected chi connectivity index (χ3v) is 6.44. The second-order valence-corrected chi connectivity index (χ2v) is 9.88. The molecule has 0 saturated heterocycles. The van der Waals surface area contributed by atoms with Gasteiger partial charge in [-0.2, -0.15) is 0 Å². The number of sulfone groups is 1. The molecule has 1 aromatic carbocycles. The summed E-state index contributed by atoms with van der Waals surface area (Å²) in [6, 6.07) is 14.4. The minimum absolute atomic E-state index is 0.274. The van der Waals surface area contributed by atoms with Crippen molar-refractivity contribution < 1.29 is 8.42 Å². The van der Waals surface area contributed by atoms with Crippen molar-refractivity contribution in [2.24, 2.45) is 0 Å². The maximum atomic E-state index is 11.6. The third kappa shape index (κ3) is 4.46. The standard InChI is InChI=1S/C25H20N4O2S/c1-32(30,31)21-8-6-20(7-9-21)29-25-14-22-19(16-28-25)12-13-26-24(22)11-3-17-2-10-23(27-15-17)18-4-5-18/h2,6-10,12-16,18H,4-5H2,1H3,(H,28,29). The highest BCUT2D eigenvalue weighted by molar-refractivity contribution is 7.90. The number of nitrogens with one attached hydrogen (secondary N) is 1. The Bertz CT molecular complexity index is 1460. The molecule has 1 aliphatic rings. The summed E-state index contributed by atoms with van der Waals surface area (Å²) in [5.41, 5.74) is 3.39. The lowest BCUT2D eigenvalue weighted by molar-refractivity contribution is 0.602. The van der Waals surface area contributed by atoms with Crippen LogP contribution in [0.25, 0.3) is 10.8 Å². The zero-order chi connectivity index (χ0) is 22.1. The van der Waals surface area contributed by atoms with Gasteiger partial charge in [-0.05, 0) is 67.3 Å². The minimum Gasteiger partial charge on any atom is -0.340 e. The number of nitrogens with zero attached hydrogens (tertiary/aromatic N) is 3. The average Bonchev–Trinajstić information content (AvgIpc) is 3.63. The van der Waals surface area contributed by atoms with Crippen molar-refractivity contribution in [3.63, 3.8) is 0 Å². The molecule has 1 aliphatic carbocycles. The van der Waals surface area contributed by atoms with E-state index in [1.165, 1.54) is 19.1 Å². The molecule has 0 unspecified atom stereocenters. The van der Waals surface area contributed by atoms with E-state index in [-0.39, 0.29) is 4.90 Å². The molecule has 0 spiro atoms. The molecule has 5 rings (SSSR count). The summed E-state index contributed by atoms with van der Waals surface area (Å²) in [7, 11) is -3.23. The number of fused-ring (bicyclic) bond motifs is 1. The van der Waals surface area contributed by atoms with Crippen LogP contribution < -0.4 is 5.32 Å². The van der Waals surface area contributed by atoms with Crippen LogP contribution in [0.1, 0.15) is 35.7 Å². The van der Waals surface area contributed by atoms with Gasteiger partial charge in [0.25, 0.3) is 0 Å². The summed E-state index contributed by atoms with van der Waals surface area (Å²) in [5.74, 6) is 7.56. The lowest BCUT2D eigenvalue weighted by atomic mass is 10.1. The molecule has 0 amide bonds. The van der Waals surface area contributed by atoms with Crippen molar-refractivity contribution in [3.8, 4) is 11.8 Å². The molecule has 0 bridgehead atoms. The highest BCUT2D eigenvalue weighted by Crippen LogP contribution is 2.38. The van der Waals surface area contributed by atoms with Gasteiger partial charge < -0.3 is 5.32 Å². The van der Waals surface area contributed by atoms with Crippen molar-refractivity contribution in [1.29, 1.82) is 0 Å². The molecule has 158 valence electrons. The van der Waals surface area contributed by atoms with Crippen LogP contribution in [-0.2, 0) is 9.84 Å². The van der Waals surface area contributed by atoms with Crippen molar-refractivity contribution in [2.75, 3.05) is 11.6 Å². The summed E-state index contributed by atoms with van der Waals surface area (Å²) in [4.78, 5) is 13.7. The molecule has 3 heterocycles. The molecule has 3 aromatic heterocycles. The maximum Gasteiger partial charge on any atom is 0.175 e. The van der Waals surface area contributed by atoms with Crippen molar-refractivity contribution in [2.45, 2.75) is 23.7 Å². The molecule has 0 radical (unpaired) electrons. The van der Waals surface area contributed by atoms with E-state index in [1.807, 2.05) is 24.4 Å². The van der Waals surface area contributed by atoms with Gasteiger partial charge in [-0.1, -0.05) is 5.92 Å². The molecule has 1 fully saturated rings. The van der Waals surface area contributed by atoms with Gasteiger partial charge in [-0.3, -0.25) is 4.98 Å². The topological polar surface area (TPSA) is 84.8 Å². The summed E-state index contributed by atoms with van der Waals surface area (Å²) in [6.07, 6.45) is 8.95. The van der Waals surface area contributed by atoms with Gasteiger partial charge in [-0.15, -0.1) is 0 Å². The highest BCUT2D eigenvalue weighted by atomic mass is 32.2. The number of aromatic nitrogens is 3. The number of rotatable bonds is 4. The fourth-order valence-electron chi connectivity index (χ4n) is 3.40. The normalized spacial score (nSPS) is 13.4. The molecular weight excluding hydrogens is 420 g/mol. The van der Waals surface area contributed by atoms with Crippen molar-refractivity contribution in [1.82, 2.24) is 15.0 Å². The number of anilines is 2. The highest BCUT2D eigenvalue weighted by Gasteiger charge is 2.24. The van der Waals surface area contributed by atoms with E-state index in [9.17, 15) is 8.42 Å². The first-order valence-electron chi connectivity index (χ1n) is 10.3. The number of hydrogen-bond acceptors (Lipinski definition) is 6. The SMILES string of the molecule is CS(=O)(=O)c1ccc(Nc2cc3c(C#Cc4ccc(C5CC5)nc4)nccc3cn2)cc1. The molecule has 0 aliphatic heterocycles. The van der Waals surface area contributed by atoms with Gasteiger partial charge in [0.2, 0.25) is 0 Å². The molecule has 1 N–H and O–H groups in total. The monoisotopic (exact) mass is 440 g/mol. The first-order chi connectivity index (χ1) is 15.5. The fourth-order valence-corrected chi connectivity index (χ4v) is 4.03. The Kier molecular flexibility index (Phi) is 5.08. The Morgan fingerprint density at radius 2 is 1.75 bits per heavy atom. The number of benzene rings is 1. The molecule has 0 atom stereocenters. The molecule has 6 nitrogen and oxygen atoms in total.